The third-order valence-corrected chi connectivity index (χ3v) is 6.73. The second-order valence-electron chi connectivity index (χ2n) is 2.84. The van der Waals surface area contributed by atoms with Crippen LogP contribution in [0.3, 0.4) is 0 Å². The summed E-state index contributed by atoms with van der Waals surface area (Å²) in [5, 5.41) is 9.46. The molecule has 0 saturated carbocycles. The highest BCUT2D eigenvalue weighted by Gasteiger charge is 2.20. The van der Waals surface area contributed by atoms with E-state index in [2.05, 4.69) is 18.1 Å². The summed E-state index contributed by atoms with van der Waals surface area (Å²) in [6.45, 7) is 0. The number of nitrogens with zero attached hydrogens (tertiary/aromatic N) is 4. The monoisotopic (exact) mass is 304 g/mol. The van der Waals surface area contributed by atoms with Gasteiger partial charge in [0.1, 0.15) is 12.1 Å². The molecule has 1 aliphatic rings. The highest BCUT2D eigenvalue weighted by atomic mass is 31.2. The van der Waals surface area contributed by atoms with Crippen molar-refractivity contribution in [2.24, 2.45) is 18.1 Å². The first-order valence-corrected chi connectivity index (χ1v) is 8.73. The lowest BCUT2D eigenvalue weighted by molar-refractivity contribution is 0.355. The van der Waals surface area contributed by atoms with E-state index in [1.807, 2.05) is 30.3 Å². The van der Waals surface area contributed by atoms with Crippen LogP contribution in [-0.4, -0.2) is 11.5 Å². The predicted octanol–water partition coefficient (Wildman–Crippen LogP) is 5.19. The Kier molecular flexibility index (Phi) is 4.91. The second-order valence-corrected chi connectivity index (χ2v) is 8.03. The Morgan fingerprint density at radius 1 is 1.12 bits per heavy atom. The van der Waals surface area contributed by atoms with Crippen LogP contribution in [0.15, 0.2) is 48.4 Å². The molecule has 0 fully saturated rings. The molecule has 0 amide bonds. The Hall–Kier alpha value is -0.490. The van der Waals surface area contributed by atoms with Crippen molar-refractivity contribution in [3.63, 3.8) is 0 Å². The summed E-state index contributed by atoms with van der Waals surface area (Å²) < 4.78 is 22.2. The van der Waals surface area contributed by atoms with Gasteiger partial charge in [0.25, 0.3) is 7.43 Å². The van der Waals surface area contributed by atoms with Crippen LogP contribution in [-0.2, 0) is 0 Å². The highest BCUT2D eigenvalue weighted by Crippen LogP contribution is 2.56. The van der Waals surface area contributed by atoms with Gasteiger partial charge in [0, 0.05) is 0 Å². The summed E-state index contributed by atoms with van der Waals surface area (Å²) in [4.78, 5) is 0. The first kappa shape index (κ1) is 13.0. The minimum atomic E-state index is -2.58. The SMILES string of the molecule is OCP1(Oc2ccccc2)=NP=NP=NP=N1. The zero-order valence-electron chi connectivity index (χ0n) is 8.53. The van der Waals surface area contributed by atoms with Crippen molar-refractivity contribution < 1.29 is 9.63 Å². The van der Waals surface area contributed by atoms with Gasteiger partial charge in [-0.3, -0.25) is 0 Å². The maximum atomic E-state index is 9.46. The molecule has 1 N–H and O–H groups in total. The van der Waals surface area contributed by atoms with E-state index in [0.717, 1.165) is 0 Å². The van der Waals surface area contributed by atoms with E-state index < -0.39 is 7.43 Å². The first-order chi connectivity index (χ1) is 8.35. The average molecular weight is 304 g/mol. The molecular formula is C7H8N4O2P4. The fourth-order valence-electron chi connectivity index (χ4n) is 1.00. The van der Waals surface area contributed by atoms with Gasteiger partial charge in [-0.2, -0.15) is 18.1 Å². The van der Waals surface area contributed by atoms with Gasteiger partial charge in [-0.25, -0.2) is 0 Å². The number of para-hydroxylation sites is 1. The Morgan fingerprint density at radius 3 is 2.65 bits per heavy atom. The predicted molar refractivity (Wildman–Crippen MR) is 71.5 cm³/mol. The largest absolute Gasteiger partial charge is 0.439 e. The van der Waals surface area contributed by atoms with Crippen molar-refractivity contribution in [2.75, 3.05) is 6.35 Å². The van der Waals surface area contributed by atoms with Crippen molar-refractivity contribution in [1.82, 2.24) is 0 Å². The minimum Gasteiger partial charge on any atom is -0.439 e. The molecule has 1 atom stereocenters. The number of aliphatic hydroxyl groups is 1. The summed E-state index contributed by atoms with van der Waals surface area (Å²) in [5.41, 5.74) is 0. The topological polar surface area (TPSA) is 78.9 Å². The van der Waals surface area contributed by atoms with Crippen molar-refractivity contribution in [3.05, 3.63) is 30.3 Å². The van der Waals surface area contributed by atoms with Crippen LogP contribution in [0.1, 0.15) is 0 Å². The van der Waals surface area contributed by atoms with Crippen LogP contribution in [0.5, 0.6) is 5.75 Å². The molecule has 0 bridgehead atoms. The van der Waals surface area contributed by atoms with E-state index in [1.165, 1.54) is 0 Å². The molecule has 0 saturated heterocycles. The third-order valence-electron chi connectivity index (χ3n) is 1.70. The van der Waals surface area contributed by atoms with Crippen molar-refractivity contribution in [3.8, 4) is 5.75 Å². The van der Waals surface area contributed by atoms with E-state index in [1.54, 1.807) is 0 Å². The lowest BCUT2D eigenvalue weighted by Crippen LogP contribution is -1.94. The maximum Gasteiger partial charge on any atom is 0.287 e. The Morgan fingerprint density at radius 2 is 1.88 bits per heavy atom. The molecule has 2 rings (SSSR count). The Bertz CT molecular complexity index is 516. The highest BCUT2D eigenvalue weighted by molar-refractivity contribution is 7.67. The number of hydrogen-bond donors (Lipinski definition) is 1. The van der Waals surface area contributed by atoms with E-state index in [0.29, 0.717) is 31.3 Å². The molecular weight excluding hydrogens is 296 g/mol. The van der Waals surface area contributed by atoms with Crippen LogP contribution in [0, 0.1) is 0 Å². The lowest BCUT2D eigenvalue weighted by atomic mass is 10.3. The van der Waals surface area contributed by atoms with Gasteiger partial charge in [0.2, 0.25) is 0 Å². The molecule has 1 aromatic rings. The Labute approximate surface area is 103 Å². The summed E-state index contributed by atoms with van der Waals surface area (Å²) in [5.74, 6) is 0.644. The number of rotatable bonds is 3. The van der Waals surface area contributed by atoms with Crippen molar-refractivity contribution in [2.45, 2.75) is 0 Å². The van der Waals surface area contributed by atoms with Crippen LogP contribution in [0.2, 0.25) is 0 Å². The fourth-order valence-corrected chi connectivity index (χ4v) is 5.41. The zero-order valence-corrected chi connectivity index (χ0v) is 12.1. The van der Waals surface area contributed by atoms with Gasteiger partial charge in [-0.1, -0.05) is 18.2 Å². The average Bonchev–Trinajstić information content (AvgIpc) is 2.34. The maximum absolute atomic E-state index is 9.46. The molecule has 0 aromatic heterocycles. The molecule has 0 spiro atoms. The molecule has 0 radical (unpaired) electrons. The number of hydrogen-bond acceptors (Lipinski definition) is 6. The molecule has 1 aromatic carbocycles. The van der Waals surface area contributed by atoms with E-state index in [-0.39, 0.29) is 6.35 Å². The van der Waals surface area contributed by atoms with Crippen molar-refractivity contribution >= 4 is 33.0 Å². The van der Waals surface area contributed by atoms with Gasteiger partial charge < -0.3 is 9.63 Å². The van der Waals surface area contributed by atoms with Gasteiger partial charge in [0.05, 0.1) is 0 Å². The van der Waals surface area contributed by atoms with E-state index in [9.17, 15) is 5.11 Å². The lowest BCUT2D eigenvalue weighted by Gasteiger charge is -2.16. The summed E-state index contributed by atoms with van der Waals surface area (Å²) in [6, 6.07) is 9.22. The molecule has 0 aliphatic carbocycles. The normalized spacial score (nSPS) is 25.5. The Balaban J connectivity index is 2.31. The molecule has 10 heteroatoms. The molecule has 88 valence electrons. The van der Waals surface area contributed by atoms with E-state index in [4.69, 9.17) is 4.52 Å². The van der Waals surface area contributed by atoms with Crippen LogP contribution in [0.4, 0.5) is 0 Å². The van der Waals surface area contributed by atoms with Gasteiger partial charge in [-0.15, -0.1) is 0 Å². The standard InChI is InChI=1S/C7H8N4O2P4/c12-6-17(10-15-8-14-9-16-11-17)13-7-4-2-1-3-5-7/h1-5,12H,6H2. The number of aliphatic hydroxyl groups excluding tert-OH is 1. The number of benzene rings is 1. The fraction of sp³-hybridized carbons (Fsp3) is 0.143. The second kappa shape index (κ2) is 6.44. The minimum absolute atomic E-state index is 0.232. The molecule has 17 heavy (non-hydrogen) atoms. The van der Waals surface area contributed by atoms with Crippen LogP contribution < -0.4 is 4.52 Å². The van der Waals surface area contributed by atoms with E-state index >= 15 is 0 Å². The van der Waals surface area contributed by atoms with Gasteiger partial charge >= 0.3 is 0 Å². The zero-order chi connectivity index (χ0) is 12.0. The third kappa shape index (κ3) is 3.74. The molecule has 1 unspecified atom stereocenters. The molecule has 6 nitrogen and oxygen atoms in total. The van der Waals surface area contributed by atoms with Crippen molar-refractivity contribution in [1.29, 1.82) is 0 Å². The molecule has 1 aliphatic heterocycles. The van der Waals surface area contributed by atoms with Crippen LogP contribution in [0.25, 0.3) is 0 Å². The molecule has 1 heterocycles. The first-order valence-electron chi connectivity index (χ1n) is 4.53. The van der Waals surface area contributed by atoms with Gasteiger partial charge in [-0.05, 0) is 12.1 Å². The quantitative estimate of drug-likeness (QED) is 0.779. The summed E-state index contributed by atoms with van der Waals surface area (Å²) in [6.07, 6.45) is -0.232. The van der Waals surface area contributed by atoms with Gasteiger partial charge in [0.15, 0.2) is 25.6 Å². The van der Waals surface area contributed by atoms with Crippen LogP contribution >= 0.6 is 33.0 Å². The smallest absolute Gasteiger partial charge is 0.287 e. The summed E-state index contributed by atoms with van der Waals surface area (Å²) >= 11 is 0. The summed E-state index contributed by atoms with van der Waals surface area (Å²) in [7, 11) is -0.966.